The summed E-state index contributed by atoms with van der Waals surface area (Å²) in [6, 6.07) is 5.73. The molecule has 0 amide bonds. The summed E-state index contributed by atoms with van der Waals surface area (Å²) in [5.74, 6) is 1.32. The average Bonchev–Trinajstić information content (AvgIpc) is 3.19. The average molecular weight is 434 g/mol. The predicted molar refractivity (Wildman–Crippen MR) is 120 cm³/mol. The summed E-state index contributed by atoms with van der Waals surface area (Å²) in [6.45, 7) is 8.23. The number of hydrogen-bond donors (Lipinski definition) is 2. The Hall–Kier alpha value is -2.09. The molecule has 1 aromatic carbocycles. The first-order valence-electron chi connectivity index (χ1n) is 9.63. The molecule has 1 aliphatic rings. The highest BCUT2D eigenvalue weighted by atomic mass is 35.5. The van der Waals surface area contributed by atoms with Crippen LogP contribution in [0.25, 0.3) is 11.2 Å². The van der Waals surface area contributed by atoms with E-state index in [9.17, 15) is 0 Å². The standard InChI is InChI=1S/C20H25Cl2N7/c1-20(2,3)27-18-23-10-16-17(26-18)29(13-7-8-28(4)11-13)19(25-16)24-12-5-6-14(21)15(22)9-12/h5-6,9-10,13H,7-8,11H2,1-4H3,(H,24,25)(H,23,26,27). The van der Waals surface area contributed by atoms with Gasteiger partial charge in [0, 0.05) is 17.8 Å². The molecule has 0 aliphatic carbocycles. The predicted octanol–water partition coefficient (Wildman–Crippen LogP) is 4.96. The van der Waals surface area contributed by atoms with Crippen molar-refractivity contribution in [3.05, 3.63) is 34.4 Å². The molecular weight excluding hydrogens is 409 g/mol. The lowest BCUT2D eigenvalue weighted by molar-refractivity contribution is 0.395. The zero-order valence-electron chi connectivity index (χ0n) is 17.0. The lowest BCUT2D eigenvalue weighted by Gasteiger charge is -2.21. The van der Waals surface area contributed by atoms with Gasteiger partial charge in [-0.05, 0) is 59.0 Å². The molecule has 0 bridgehead atoms. The number of hydrogen-bond acceptors (Lipinski definition) is 6. The fourth-order valence-corrected chi connectivity index (χ4v) is 3.84. The number of imidazole rings is 1. The van der Waals surface area contributed by atoms with E-state index in [1.54, 1.807) is 18.3 Å². The lowest BCUT2D eigenvalue weighted by atomic mass is 10.1. The quantitative estimate of drug-likeness (QED) is 0.605. The molecule has 29 heavy (non-hydrogen) atoms. The molecule has 2 aromatic heterocycles. The van der Waals surface area contributed by atoms with E-state index in [0.29, 0.717) is 16.0 Å². The van der Waals surface area contributed by atoms with Gasteiger partial charge in [-0.15, -0.1) is 0 Å². The fraction of sp³-hybridized carbons (Fsp3) is 0.450. The van der Waals surface area contributed by atoms with Crippen molar-refractivity contribution in [2.45, 2.75) is 38.8 Å². The van der Waals surface area contributed by atoms with Crippen molar-refractivity contribution in [1.29, 1.82) is 0 Å². The maximum Gasteiger partial charge on any atom is 0.225 e. The molecule has 1 aliphatic heterocycles. The van der Waals surface area contributed by atoms with Crippen LogP contribution in [-0.2, 0) is 0 Å². The van der Waals surface area contributed by atoms with Crippen molar-refractivity contribution in [1.82, 2.24) is 24.4 Å². The number of aromatic nitrogens is 4. The third-order valence-corrected chi connectivity index (χ3v) is 5.57. The first-order chi connectivity index (χ1) is 13.7. The number of likely N-dealkylation sites (N-methyl/N-ethyl adjacent to an activating group) is 1. The Morgan fingerprint density at radius 2 is 1.93 bits per heavy atom. The first kappa shape index (κ1) is 20.2. The van der Waals surface area contributed by atoms with Gasteiger partial charge in [-0.3, -0.25) is 4.57 Å². The number of rotatable bonds is 4. The van der Waals surface area contributed by atoms with E-state index < -0.39 is 0 Å². The van der Waals surface area contributed by atoms with E-state index in [0.717, 1.165) is 42.3 Å². The molecule has 3 heterocycles. The smallest absolute Gasteiger partial charge is 0.225 e. The number of fused-ring (bicyclic) bond motifs is 1. The van der Waals surface area contributed by atoms with Crippen molar-refractivity contribution < 1.29 is 0 Å². The van der Waals surface area contributed by atoms with Crippen LogP contribution in [0.5, 0.6) is 0 Å². The zero-order chi connectivity index (χ0) is 20.8. The molecule has 1 saturated heterocycles. The summed E-state index contributed by atoms with van der Waals surface area (Å²) in [5.41, 5.74) is 2.26. The lowest BCUT2D eigenvalue weighted by Crippen LogP contribution is -2.27. The van der Waals surface area contributed by atoms with Crippen molar-refractivity contribution in [3.63, 3.8) is 0 Å². The Morgan fingerprint density at radius 3 is 2.59 bits per heavy atom. The maximum absolute atomic E-state index is 6.19. The monoisotopic (exact) mass is 433 g/mol. The topological polar surface area (TPSA) is 70.9 Å². The number of nitrogens with zero attached hydrogens (tertiary/aromatic N) is 5. The van der Waals surface area contributed by atoms with Crippen LogP contribution >= 0.6 is 23.2 Å². The second-order valence-electron chi connectivity index (χ2n) is 8.54. The molecule has 3 aromatic rings. The molecule has 1 unspecified atom stereocenters. The SMILES string of the molecule is CN1CCC(n2c(Nc3ccc(Cl)c(Cl)c3)nc3cnc(NC(C)(C)C)nc32)C1. The van der Waals surface area contributed by atoms with Crippen LogP contribution in [-0.4, -0.2) is 50.1 Å². The van der Waals surface area contributed by atoms with Gasteiger partial charge in [0.2, 0.25) is 11.9 Å². The van der Waals surface area contributed by atoms with Gasteiger partial charge >= 0.3 is 0 Å². The van der Waals surface area contributed by atoms with E-state index in [1.165, 1.54) is 0 Å². The highest BCUT2D eigenvalue weighted by Crippen LogP contribution is 2.32. The van der Waals surface area contributed by atoms with E-state index in [1.807, 2.05) is 6.07 Å². The molecule has 0 radical (unpaired) electrons. The molecule has 7 nitrogen and oxygen atoms in total. The van der Waals surface area contributed by atoms with Crippen LogP contribution < -0.4 is 10.6 Å². The second kappa shape index (κ2) is 7.63. The minimum absolute atomic E-state index is 0.132. The molecule has 4 rings (SSSR count). The van der Waals surface area contributed by atoms with E-state index >= 15 is 0 Å². The van der Waals surface area contributed by atoms with Crippen molar-refractivity contribution in [3.8, 4) is 0 Å². The third kappa shape index (κ3) is 4.42. The summed E-state index contributed by atoms with van der Waals surface area (Å²) in [4.78, 5) is 16.3. The van der Waals surface area contributed by atoms with Crippen LogP contribution in [0.15, 0.2) is 24.4 Å². The van der Waals surface area contributed by atoms with Crippen LogP contribution in [0.1, 0.15) is 33.2 Å². The van der Waals surface area contributed by atoms with Crippen LogP contribution in [0.2, 0.25) is 10.0 Å². The molecule has 0 saturated carbocycles. The third-order valence-electron chi connectivity index (χ3n) is 4.83. The van der Waals surface area contributed by atoms with E-state index in [4.69, 9.17) is 33.2 Å². The maximum atomic E-state index is 6.19. The Balaban J connectivity index is 1.78. The summed E-state index contributed by atoms with van der Waals surface area (Å²) < 4.78 is 2.18. The van der Waals surface area contributed by atoms with Crippen molar-refractivity contribution in [2.24, 2.45) is 0 Å². The van der Waals surface area contributed by atoms with Crippen LogP contribution in [0.4, 0.5) is 17.6 Å². The number of benzene rings is 1. The number of nitrogens with one attached hydrogen (secondary N) is 2. The number of halogens is 2. The summed E-state index contributed by atoms with van der Waals surface area (Å²) in [6.07, 6.45) is 2.80. The first-order valence-corrected chi connectivity index (χ1v) is 10.4. The normalized spacial score (nSPS) is 17.8. The molecule has 154 valence electrons. The van der Waals surface area contributed by atoms with Crippen molar-refractivity contribution >= 4 is 51.9 Å². The van der Waals surface area contributed by atoms with Crippen LogP contribution in [0.3, 0.4) is 0 Å². The van der Waals surface area contributed by atoms with Gasteiger partial charge in [0.1, 0.15) is 5.52 Å². The summed E-state index contributed by atoms with van der Waals surface area (Å²) in [7, 11) is 2.13. The van der Waals surface area contributed by atoms with Gasteiger partial charge in [-0.2, -0.15) is 4.98 Å². The fourth-order valence-electron chi connectivity index (χ4n) is 3.55. The largest absolute Gasteiger partial charge is 0.350 e. The Labute approximate surface area is 180 Å². The molecule has 1 atom stereocenters. The number of likely N-dealkylation sites (tertiary alicyclic amines) is 1. The Bertz CT molecular complexity index is 1040. The van der Waals surface area contributed by atoms with Crippen LogP contribution in [0, 0.1) is 0 Å². The van der Waals surface area contributed by atoms with Gasteiger partial charge in [0.15, 0.2) is 5.65 Å². The van der Waals surface area contributed by atoms with E-state index in [2.05, 4.69) is 52.9 Å². The van der Waals surface area contributed by atoms with E-state index in [-0.39, 0.29) is 11.6 Å². The number of anilines is 3. The Kier molecular flexibility index (Phi) is 5.31. The molecule has 9 heteroatoms. The molecule has 2 N–H and O–H groups in total. The highest BCUT2D eigenvalue weighted by molar-refractivity contribution is 6.42. The van der Waals surface area contributed by atoms with Gasteiger partial charge < -0.3 is 15.5 Å². The minimum Gasteiger partial charge on any atom is -0.350 e. The molecule has 1 fully saturated rings. The minimum atomic E-state index is -0.132. The molecule has 0 spiro atoms. The van der Waals surface area contributed by atoms with Gasteiger partial charge in [0.25, 0.3) is 0 Å². The second-order valence-corrected chi connectivity index (χ2v) is 9.36. The Morgan fingerprint density at radius 1 is 1.14 bits per heavy atom. The highest BCUT2D eigenvalue weighted by Gasteiger charge is 2.27. The summed E-state index contributed by atoms with van der Waals surface area (Å²) >= 11 is 12.2. The molecular formula is C20H25Cl2N7. The van der Waals surface area contributed by atoms with Gasteiger partial charge in [-0.1, -0.05) is 23.2 Å². The van der Waals surface area contributed by atoms with Crippen molar-refractivity contribution in [2.75, 3.05) is 30.8 Å². The van der Waals surface area contributed by atoms with Gasteiger partial charge in [-0.25, -0.2) is 9.97 Å². The summed E-state index contributed by atoms with van der Waals surface area (Å²) in [5, 5.41) is 7.75. The van der Waals surface area contributed by atoms with Gasteiger partial charge in [0.05, 0.1) is 22.3 Å². The zero-order valence-corrected chi connectivity index (χ0v) is 18.5.